The molecular weight excluding hydrogens is 254 g/mol. The second-order valence-corrected chi connectivity index (χ2v) is 3.83. The summed E-state index contributed by atoms with van der Waals surface area (Å²) in [6.45, 7) is 1.60. The fourth-order valence-corrected chi connectivity index (χ4v) is 1.33. The largest absolute Gasteiger partial charge is 0.380 e. The fourth-order valence-electron chi connectivity index (χ4n) is 1.22. The van der Waals surface area contributed by atoms with E-state index in [2.05, 4.69) is 10.3 Å². The number of nitrogens with zero attached hydrogens (tertiary/aromatic N) is 2. The van der Waals surface area contributed by atoms with Gasteiger partial charge in [-0.05, 0) is 18.6 Å². The Kier molecular flexibility index (Phi) is 6.77. The number of aromatic nitrogens is 1. The van der Waals surface area contributed by atoms with Crippen LogP contribution in [-0.4, -0.2) is 36.5 Å². The SMILES string of the molecule is N#Cc1ccc(C(=O)NCCCOCCCl)nc1. The van der Waals surface area contributed by atoms with Gasteiger partial charge in [-0.1, -0.05) is 0 Å². The van der Waals surface area contributed by atoms with E-state index in [0.717, 1.165) is 6.42 Å². The molecule has 1 rings (SSSR count). The lowest BCUT2D eigenvalue weighted by molar-refractivity contribution is 0.0939. The van der Waals surface area contributed by atoms with Gasteiger partial charge in [0.2, 0.25) is 0 Å². The van der Waals surface area contributed by atoms with Crippen LogP contribution in [0.4, 0.5) is 0 Å². The fraction of sp³-hybridized carbons (Fsp3) is 0.417. The Morgan fingerprint density at radius 2 is 2.33 bits per heavy atom. The van der Waals surface area contributed by atoms with Crippen LogP contribution in [0.2, 0.25) is 0 Å². The number of halogens is 1. The lowest BCUT2D eigenvalue weighted by atomic mass is 10.2. The van der Waals surface area contributed by atoms with Gasteiger partial charge in [-0.3, -0.25) is 4.79 Å². The van der Waals surface area contributed by atoms with Crippen LogP contribution in [0.1, 0.15) is 22.5 Å². The first-order chi connectivity index (χ1) is 8.77. The molecule has 0 aromatic carbocycles. The van der Waals surface area contributed by atoms with Crippen LogP contribution in [0.15, 0.2) is 18.3 Å². The third-order valence-electron chi connectivity index (χ3n) is 2.10. The molecular formula is C12H14ClN3O2. The molecule has 1 amide bonds. The first kappa shape index (κ1) is 14.4. The predicted molar refractivity (Wildman–Crippen MR) is 67.4 cm³/mol. The molecule has 1 aromatic heterocycles. The van der Waals surface area contributed by atoms with Crippen molar-refractivity contribution in [2.24, 2.45) is 0 Å². The third-order valence-corrected chi connectivity index (χ3v) is 2.25. The Morgan fingerprint density at radius 1 is 1.50 bits per heavy atom. The second-order valence-electron chi connectivity index (χ2n) is 3.45. The van der Waals surface area contributed by atoms with Gasteiger partial charge in [0, 0.05) is 25.2 Å². The molecule has 0 aliphatic rings. The van der Waals surface area contributed by atoms with Crippen molar-refractivity contribution in [2.75, 3.05) is 25.6 Å². The van der Waals surface area contributed by atoms with Crippen LogP contribution in [0.25, 0.3) is 0 Å². The van der Waals surface area contributed by atoms with Gasteiger partial charge < -0.3 is 10.1 Å². The molecule has 0 atom stereocenters. The molecule has 0 aliphatic heterocycles. The molecule has 1 heterocycles. The van der Waals surface area contributed by atoms with Gasteiger partial charge >= 0.3 is 0 Å². The summed E-state index contributed by atoms with van der Waals surface area (Å²) in [5, 5.41) is 11.3. The zero-order valence-electron chi connectivity index (χ0n) is 9.86. The summed E-state index contributed by atoms with van der Waals surface area (Å²) in [4.78, 5) is 15.5. The molecule has 0 fully saturated rings. The van der Waals surface area contributed by atoms with Crippen LogP contribution >= 0.6 is 11.6 Å². The van der Waals surface area contributed by atoms with Crippen molar-refractivity contribution in [3.8, 4) is 6.07 Å². The molecule has 5 nitrogen and oxygen atoms in total. The summed E-state index contributed by atoms with van der Waals surface area (Å²) in [6, 6.07) is 5.03. The molecule has 6 heteroatoms. The Hall–Kier alpha value is -1.64. The van der Waals surface area contributed by atoms with Gasteiger partial charge in [0.15, 0.2) is 0 Å². The van der Waals surface area contributed by atoms with Crippen molar-refractivity contribution in [3.63, 3.8) is 0 Å². The molecule has 0 saturated carbocycles. The minimum Gasteiger partial charge on any atom is -0.380 e. The number of nitriles is 1. The highest BCUT2D eigenvalue weighted by atomic mass is 35.5. The van der Waals surface area contributed by atoms with Gasteiger partial charge in [-0.15, -0.1) is 11.6 Å². The van der Waals surface area contributed by atoms with E-state index in [1.807, 2.05) is 6.07 Å². The highest BCUT2D eigenvalue weighted by Crippen LogP contribution is 1.98. The monoisotopic (exact) mass is 267 g/mol. The van der Waals surface area contributed by atoms with E-state index in [0.29, 0.717) is 36.9 Å². The quantitative estimate of drug-likeness (QED) is 0.597. The van der Waals surface area contributed by atoms with Gasteiger partial charge in [0.05, 0.1) is 12.2 Å². The van der Waals surface area contributed by atoms with Crippen molar-refractivity contribution in [1.82, 2.24) is 10.3 Å². The highest BCUT2D eigenvalue weighted by Gasteiger charge is 2.05. The standard InChI is InChI=1S/C12H14ClN3O2/c13-4-7-18-6-1-5-15-12(17)11-3-2-10(8-14)9-16-11/h2-3,9H,1,4-7H2,(H,15,17). The van der Waals surface area contributed by atoms with Crippen molar-refractivity contribution in [3.05, 3.63) is 29.6 Å². The molecule has 0 saturated heterocycles. The van der Waals surface area contributed by atoms with Crippen molar-refractivity contribution >= 4 is 17.5 Å². The number of alkyl halides is 1. The Morgan fingerprint density at radius 3 is 2.94 bits per heavy atom. The predicted octanol–water partition coefficient (Wildman–Crippen LogP) is 1.33. The summed E-state index contributed by atoms with van der Waals surface area (Å²) >= 11 is 5.44. The average molecular weight is 268 g/mol. The van der Waals surface area contributed by atoms with Crippen LogP contribution in [0, 0.1) is 11.3 Å². The zero-order chi connectivity index (χ0) is 13.2. The molecule has 18 heavy (non-hydrogen) atoms. The molecule has 0 aliphatic carbocycles. The van der Waals surface area contributed by atoms with E-state index < -0.39 is 0 Å². The number of hydrogen-bond donors (Lipinski definition) is 1. The molecule has 1 N–H and O–H groups in total. The minimum atomic E-state index is -0.253. The number of ether oxygens (including phenoxy) is 1. The maximum atomic E-state index is 11.6. The number of amides is 1. The molecule has 0 spiro atoms. The summed E-state index contributed by atoms with van der Waals surface area (Å²) in [5.74, 6) is 0.221. The maximum Gasteiger partial charge on any atom is 0.269 e. The smallest absolute Gasteiger partial charge is 0.269 e. The minimum absolute atomic E-state index is 0.253. The normalized spacial score (nSPS) is 9.78. The van der Waals surface area contributed by atoms with E-state index in [4.69, 9.17) is 21.6 Å². The first-order valence-electron chi connectivity index (χ1n) is 5.56. The lowest BCUT2D eigenvalue weighted by Crippen LogP contribution is -2.26. The van der Waals surface area contributed by atoms with Crippen molar-refractivity contribution in [2.45, 2.75) is 6.42 Å². The highest BCUT2D eigenvalue weighted by molar-refractivity contribution is 6.17. The van der Waals surface area contributed by atoms with Crippen LogP contribution in [0.3, 0.4) is 0 Å². The van der Waals surface area contributed by atoms with E-state index in [1.165, 1.54) is 12.3 Å². The van der Waals surface area contributed by atoms with Crippen LogP contribution < -0.4 is 5.32 Å². The van der Waals surface area contributed by atoms with Gasteiger partial charge in [0.25, 0.3) is 5.91 Å². The molecule has 96 valence electrons. The van der Waals surface area contributed by atoms with Gasteiger partial charge in [0.1, 0.15) is 11.8 Å². The van der Waals surface area contributed by atoms with Gasteiger partial charge in [-0.25, -0.2) is 4.98 Å². The number of nitrogens with one attached hydrogen (secondary N) is 1. The summed E-state index contributed by atoms with van der Waals surface area (Å²) in [7, 11) is 0. The number of carbonyl (C=O) groups excluding carboxylic acids is 1. The molecule has 0 bridgehead atoms. The number of hydrogen-bond acceptors (Lipinski definition) is 4. The maximum absolute atomic E-state index is 11.6. The van der Waals surface area contributed by atoms with Crippen molar-refractivity contribution in [1.29, 1.82) is 5.26 Å². The topological polar surface area (TPSA) is 75.0 Å². The molecule has 0 unspecified atom stereocenters. The summed E-state index contributed by atoms with van der Waals surface area (Å²) in [6.07, 6.45) is 2.09. The second kappa shape index (κ2) is 8.45. The molecule has 1 aromatic rings. The van der Waals surface area contributed by atoms with E-state index in [9.17, 15) is 4.79 Å². The average Bonchev–Trinajstić information content (AvgIpc) is 2.42. The van der Waals surface area contributed by atoms with E-state index in [1.54, 1.807) is 6.07 Å². The Labute approximate surface area is 111 Å². The van der Waals surface area contributed by atoms with Gasteiger partial charge in [-0.2, -0.15) is 5.26 Å². The number of pyridine rings is 1. The number of carbonyl (C=O) groups is 1. The third kappa shape index (κ3) is 5.13. The van der Waals surface area contributed by atoms with Crippen molar-refractivity contribution < 1.29 is 9.53 Å². The number of rotatable bonds is 7. The van der Waals surface area contributed by atoms with E-state index in [-0.39, 0.29) is 5.91 Å². The Bertz CT molecular complexity index is 414. The van der Waals surface area contributed by atoms with E-state index >= 15 is 0 Å². The van der Waals surface area contributed by atoms with Crippen LogP contribution in [-0.2, 0) is 4.74 Å². The first-order valence-corrected chi connectivity index (χ1v) is 6.09. The molecule has 0 radical (unpaired) electrons. The lowest BCUT2D eigenvalue weighted by Gasteiger charge is -2.05. The zero-order valence-corrected chi connectivity index (χ0v) is 10.6. The summed E-state index contributed by atoms with van der Waals surface area (Å²) in [5.41, 5.74) is 0.733. The van der Waals surface area contributed by atoms with Crippen LogP contribution in [0.5, 0.6) is 0 Å². The summed E-state index contributed by atoms with van der Waals surface area (Å²) < 4.78 is 5.17. The Balaban J connectivity index is 2.26.